The lowest BCUT2D eigenvalue weighted by atomic mass is 9.90. The first-order valence-electron chi connectivity index (χ1n) is 7.36. The molecule has 3 rings (SSSR count). The second-order valence-electron chi connectivity index (χ2n) is 5.60. The highest BCUT2D eigenvalue weighted by atomic mass is 19.1. The molecule has 0 aromatic heterocycles. The van der Waals surface area contributed by atoms with Crippen LogP contribution in [-0.4, -0.2) is 13.1 Å². The second kappa shape index (κ2) is 6.08. The maximum Gasteiger partial charge on any atom is 0.123 e. The molecule has 1 saturated heterocycles. The van der Waals surface area contributed by atoms with Gasteiger partial charge >= 0.3 is 0 Å². The third-order valence-corrected chi connectivity index (χ3v) is 4.17. The van der Waals surface area contributed by atoms with Crippen molar-refractivity contribution in [3.8, 4) is 0 Å². The van der Waals surface area contributed by atoms with Crippen molar-refractivity contribution in [3.63, 3.8) is 0 Å². The fourth-order valence-corrected chi connectivity index (χ4v) is 2.99. The summed E-state index contributed by atoms with van der Waals surface area (Å²) in [6, 6.07) is 17.6. The van der Waals surface area contributed by atoms with E-state index in [-0.39, 0.29) is 5.82 Å². The minimum absolute atomic E-state index is 0.160. The molecule has 0 aliphatic carbocycles. The topological polar surface area (TPSA) is 3.24 Å². The third-order valence-electron chi connectivity index (χ3n) is 4.17. The summed E-state index contributed by atoms with van der Waals surface area (Å²) in [5.74, 6) is 0.613. The quantitative estimate of drug-likeness (QED) is 0.803. The van der Waals surface area contributed by atoms with Crippen LogP contribution in [-0.2, 0) is 6.42 Å². The first-order valence-corrected chi connectivity index (χ1v) is 7.36. The molecular formula is C18H20FN. The Balaban J connectivity index is 1.55. The Bertz CT molecular complexity index is 527. The van der Waals surface area contributed by atoms with Gasteiger partial charge < -0.3 is 4.90 Å². The predicted molar refractivity (Wildman–Crippen MR) is 81.5 cm³/mol. The third kappa shape index (κ3) is 3.19. The molecule has 0 N–H and O–H groups in total. The number of nitrogens with zero attached hydrogens (tertiary/aromatic N) is 1. The Labute approximate surface area is 120 Å². The average Bonchev–Trinajstić information content (AvgIpc) is 2.50. The fraction of sp³-hybridized carbons (Fsp3) is 0.333. The molecule has 1 aliphatic heterocycles. The smallest absolute Gasteiger partial charge is 0.123 e. The summed E-state index contributed by atoms with van der Waals surface area (Å²) in [4.78, 5) is 2.36. The van der Waals surface area contributed by atoms with Crippen LogP contribution in [0.3, 0.4) is 0 Å². The SMILES string of the molecule is Fc1ccc(N2CCC(Cc3ccccc3)CC2)cc1. The highest BCUT2D eigenvalue weighted by molar-refractivity contribution is 5.46. The van der Waals surface area contributed by atoms with Crippen LogP contribution in [0.5, 0.6) is 0 Å². The fourth-order valence-electron chi connectivity index (χ4n) is 2.99. The summed E-state index contributed by atoms with van der Waals surface area (Å²) in [6.07, 6.45) is 3.61. The average molecular weight is 269 g/mol. The van der Waals surface area contributed by atoms with Crippen LogP contribution in [0.15, 0.2) is 54.6 Å². The van der Waals surface area contributed by atoms with Crippen molar-refractivity contribution in [2.45, 2.75) is 19.3 Å². The molecular weight excluding hydrogens is 249 g/mol. The molecule has 0 unspecified atom stereocenters. The number of benzene rings is 2. The van der Waals surface area contributed by atoms with E-state index in [4.69, 9.17) is 0 Å². The van der Waals surface area contributed by atoms with Crippen LogP contribution >= 0.6 is 0 Å². The minimum Gasteiger partial charge on any atom is -0.372 e. The number of hydrogen-bond donors (Lipinski definition) is 0. The standard InChI is InChI=1S/C18H20FN/c19-17-6-8-18(9-7-17)20-12-10-16(11-13-20)14-15-4-2-1-3-5-15/h1-9,16H,10-14H2. The normalized spacial score (nSPS) is 16.4. The number of anilines is 1. The number of piperidine rings is 1. The van der Waals surface area contributed by atoms with Crippen LogP contribution in [0.4, 0.5) is 10.1 Å². The van der Waals surface area contributed by atoms with E-state index in [9.17, 15) is 4.39 Å². The first-order chi connectivity index (χ1) is 9.81. The molecule has 1 fully saturated rings. The van der Waals surface area contributed by atoms with E-state index in [1.807, 2.05) is 12.1 Å². The molecule has 0 radical (unpaired) electrons. The van der Waals surface area contributed by atoms with Gasteiger partial charge in [-0.05, 0) is 55.0 Å². The molecule has 104 valence electrons. The molecule has 1 nitrogen and oxygen atoms in total. The summed E-state index contributed by atoms with van der Waals surface area (Å²) >= 11 is 0. The molecule has 0 atom stereocenters. The van der Waals surface area contributed by atoms with Gasteiger partial charge in [-0.15, -0.1) is 0 Å². The molecule has 0 amide bonds. The van der Waals surface area contributed by atoms with Gasteiger partial charge in [0, 0.05) is 18.8 Å². The summed E-state index contributed by atoms with van der Waals surface area (Å²) < 4.78 is 12.9. The van der Waals surface area contributed by atoms with Crippen LogP contribution in [0.25, 0.3) is 0 Å². The van der Waals surface area contributed by atoms with Crippen molar-refractivity contribution in [2.24, 2.45) is 5.92 Å². The number of halogens is 1. The van der Waals surface area contributed by atoms with Gasteiger partial charge in [-0.2, -0.15) is 0 Å². The van der Waals surface area contributed by atoms with E-state index in [1.54, 1.807) is 12.1 Å². The second-order valence-corrected chi connectivity index (χ2v) is 5.60. The van der Waals surface area contributed by atoms with E-state index in [1.165, 1.54) is 24.8 Å². The van der Waals surface area contributed by atoms with Crippen LogP contribution in [0.1, 0.15) is 18.4 Å². The van der Waals surface area contributed by atoms with Crippen molar-refractivity contribution in [1.82, 2.24) is 0 Å². The maximum absolute atomic E-state index is 12.9. The van der Waals surface area contributed by atoms with Gasteiger partial charge in [-0.1, -0.05) is 30.3 Å². The highest BCUT2D eigenvalue weighted by Crippen LogP contribution is 2.25. The summed E-state index contributed by atoms with van der Waals surface area (Å²) in [5, 5.41) is 0. The number of hydrogen-bond acceptors (Lipinski definition) is 1. The molecule has 1 heterocycles. The molecule has 2 aromatic carbocycles. The Kier molecular flexibility index (Phi) is 4.00. The van der Waals surface area contributed by atoms with Gasteiger partial charge in [0.05, 0.1) is 0 Å². The zero-order chi connectivity index (χ0) is 13.8. The van der Waals surface area contributed by atoms with Gasteiger partial charge in [0.15, 0.2) is 0 Å². The van der Waals surface area contributed by atoms with Gasteiger partial charge in [0.1, 0.15) is 5.82 Å². The van der Waals surface area contributed by atoms with E-state index in [0.29, 0.717) is 0 Å². The lowest BCUT2D eigenvalue weighted by Gasteiger charge is -2.33. The van der Waals surface area contributed by atoms with Crippen molar-refractivity contribution < 1.29 is 4.39 Å². The Morgan fingerprint density at radius 3 is 2.20 bits per heavy atom. The summed E-state index contributed by atoms with van der Waals surface area (Å²) in [7, 11) is 0. The number of rotatable bonds is 3. The summed E-state index contributed by atoms with van der Waals surface area (Å²) in [5.41, 5.74) is 2.58. The molecule has 20 heavy (non-hydrogen) atoms. The molecule has 1 aliphatic rings. The van der Waals surface area contributed by atoms with Crippen LogP contribution < -0.4 is 4.90 Å². The van der Waals surface area contributed by atoms with Crippen LogP contribution in [0.2, 0.25) is 0 Å². The molecule has 2 heteroatoms. The van der Waals surface area contributed by atoms with Crippen molar-refractivity contribution >= 4 is 5.69 Å². The minimum atomic E-state index is -0.160. The largest absolute Gasteiger partial charge is 0.372 e. The zero-order valence-corrected chi connectivity index (χ0v) is 11.6. The molecule has 0 bridgehead atoms. The maximum atomic E-state index is 12.9. The summed E-state index contributed by atoms with van der Waals surface area (Å²) in [6.45, 7) is 2.15. The highest BCUT2D eigenvalue weighted by Gasteiger charge is 2.19. The van der Waals surface area contributed by atoms with Gasteiger partial charge in [-0.25, -0.2) is 4.39 Å². The van der Waals surface area contributed by atoms with E-state index in [0.717, 1.165) is 24.7 Å². The van der Waals surface area contributed by atoms with E-state index < -0.39 is 0 Å². The van der Waals surface area contributed by atoms with Gasteiger partial charge in [-0.3, -0.25) is 0 Å². The Morgan fingerprint density at radius 1 is 0.900 bits per heavy atom. The monoisotopic (exact) mass is 269 g/mol. The van der Waals surface area contributed by atoms with Gasteiger partial charge in [0.2, 0.25) is 0 Å². The first kappa shape index (κ1) is 13.2. The lowest BCUT2D eigenvalue weighted by molar-refractivity contribution is 0.403. The lowest BCUT2D eigenvalue weighted by Crippen LogP contribution is -2.34. The van der Waals surface area contributed by atoms with Gasteiger partial charge in [0.25, 0.3) is 0 Å². The van der Waals surface area contributed by atoms with Crippen molar-refractivity contribution in [2.75, 3.05) is 18.0 Å². The van der Waals surface area contributed by atoms with E-state index >= 15 is 0 Å². The van der Waals surface area contributed by atoms with Crippen molar-refractivity contribution in [3.05, 3.63) is 66.0 Å². The zero-order valence-electron chi connectivity index (χ0n) is 11.6. The molecule has 0 spiro atoms. The Morgan fingerprint density at radius 2 is 1.55 bits per heavy atom. The van der Waals surface area contributed by atoms with Crippen molar-refractivity contribution in [1.29, 1.82) is 0 Å². The molecule has 2 aromatic rings. The Hall–Kier alpha value is -1.83. The molecule has 0 saturated carbocycles. The van der Waals surface area contributed by atoms with Crippen LogP contribution in [0, 0.1) is 11.7 Å². The van der Waals surface area contributed by atoms with E-state index in [2.05, 4.69) is 35.2 Å². The predicted octanol–water partition coefficient (Wildman–Crippen LogP) is 4.28.